The van der Waals surface area contributed by atoms with Gasteiger partial charge in [-0.15, -0.1) is 0 Å². The number of carbonyl (C=O) groups is 2. The summed E-state index contributed by atoms with van der Waals surface area (Å²) in [4.78, 5) is 22.6. The molecule has 0 fully saturated rings. The van der Waals surface area contributed by atoms with Gasteiger partial charge < -0.3 is 15.2 Å². The highest BCUT2D eigenvalue weighted by molar-refractivity contribution is 5.97. The molecular formula is C11H19F2NO4. The molecule has 7 heteroatoms. The smallest absolute Gasteiger partial charge is 0.316 e. The summed E-state index contributed by atoms with van der Waals surface area (Å²) in [5.74, 6) is -3.04. The van der Waals surface area contributed by atoms with Crippen LogP contribution in [-0.4, -0.2) is 43.2 Å². The van der Waals surface area contributed by atoms with E-state index in [1.54, 1.807) is 20.8 Å². The van der Waals surface area contributed by atoms with Crippen LogP contribution in [0.3, 0.4) is 0 Å². The maximum Gasteiger partial charge on any atom is 0.316 e. The molecule has 0 bridgehead atoms. The molecule has 0 aromatic carbocycles. The Morgan fingerprint density at radius 1 is 1.33 bits per heavy atom. The van der Waals surface area contributed by atoms with Crippen LogP contribution in [0.1, 0.15) is 20.8 Å². The van der Waals surface area contributed by atoms with Crippen LogP contribution in [0.15, 0.2) is 0 Å². The largest absolute Gasteiger partial charge is 0.481 e. The summed E-state index contributed by atoms with van der Waals surface area (Å²) >= 11 is 0. The van der Waals surface area contributed by atoms with Gasteiger partial charge >= 0.3 is 5.97 Å². The van der Waals surface area contributed by atoms with E-state index in [-0.39, 0.29) is 13.2 Å². The molecule has 0 radical (unpaired) electrons. The van der Waals surface area contributed by atoms with Crippen molar-refractivity contribution in [2.75, 3.05) is 19.8 Å². The third kappa shape index (κ3) is 6.48. The van der Waals surface area contributed by atoms with Gasteiger partial charge in [0.2, 0.25) is 5.91 Å². The van der Waals surface area contributed by atoms with Gasteiger partial charge in [0.15, 0.2) is 0 Å². The van der Waals surface area contributed by atoms with Crippen molar-refractivity contribution in [3.8, 4) is 0 Å². The van der Waals surface area contributed by atoms with Crippen LogP contribution >= 0.6 is 0 Å². The fraction of sp³-hybridized carbons (Fsp3) is 0.818. The summed E-state index contributed by atoms with van der Waals surface area (Å²) in [5.41, 5.74) is -0.722. The lowest BCUT2D eigenvalue weighted by Gasteiger charge is -2.25. The van der Waals surface area contributed by atoms with E-state index in [0.29, 0.717) is 0 Å². The van der Waals surface area contributed by atoms with Gasteiger partial charge in [-0.25, -0.2) is 8.78 Å². The number of carboxylic acids is 1. The molecule has 0 saturated carbocycles. The molecule has 18 heavy (non-hydrogen) atoms. The summed E-state index contributed by atoms with van der Waals surface area (Å²) < 4.78 is 28.0. The van der Waals surface area contributed by atoms with E-state index in [0.717, 1.165) is 0 Å². The fourth-order valence-electron chi connectivity index (χ4n) is 1.40. The zero-order valence-corrected chi connectivity index (χ0v) is 10.7. The molecule has 1 unspecified atom stereocenters. The molecule has 0 saturated heterocycles. The molecule has 0 rings (SSSR count). The number of alkyl halides is 2. The normalized spacial score (nSPS) is 13.4. The predicted molar refractivity (Wildman–Crippen MR) is 60.4 cm³/mol. The van der Waals surface area contributed by atoms with Crippen LogP contribution < -0.4 is 5.32 Å². The Morgan fingerprint density at radius 2 is 1.89 bits per heavy atom. The van der Waals surface area contributed by atoms with Crippen molar-refractivity contribution in [1.29, 1.82) is 0 Å². The highest BCUT2D eigenvalue weighted by Gasteiger charge is 2.37. The number of aliphatic carboxylic acids is 1. The lowest BCUT2D eigenvalue weighted by molar-refractivity contribution is -0.151. The first-order chi connectivity index (χ1) is 8.16. The molecule has 5 nitrogen and oxygen atoms in total. The number of halogens is 2. The van der Waals surface area contributed by atoms with Crippen LogP contribution in [0.2, 0.25) is 0 Å². The number of carbonyl (C=O) groups excluding carboxylic acids is 1. The highest BCUT2D eigenvalue weighted by atomic mass is 19.3. The Morgan fingerprint density at radius 3 is 2.28 bits per heavy atom. The number of hydrogen-bond acceptors (Lipinski definition) is 3. The predicted octanol–water partition coefficient (Wildman–Crippen LogP) is 1.13. The van der Waals surface area contributed by atoms with Crippen LogP contribution in [-0.2, 0) is 14.3 Å². The van der Waals surface area contributed by atoms with E-state index in [1.807, 2.05) is 0 Å². The second kappa shape index (κ2) is 7.25. The molecule has 1 atom stereocenters. The van der Waals surface area contributed by atoms with Gasteiger partial charge in [-0.1, -0.05) is 20.8 Å². The molecule has 1 amide bonds. The maximum atomic E-state index is 11.7. The van der Waals surface area contributed by atoms with Crippen molar-refractivity contribution < 1.29 is 28.2 Å². The third-order valence-corrected chi connectivity index (χ3v) is 2.16. The lowest BCUT2D eigenvalue weighted by Crippen LogP contribution is -2.43. The number of amides is 1. The summed E-state index contributed by atoms with van der Waals surface area (Å²) in [6.07, 6.45) is -2.55. The molecule has 0 aliphatic rings. The molecular weight excluding hydrogens is 248 g/mol. The quantitative estimate of drug-likeness (QED) is 0.535. The van der Waals surface area contributed by atoms with Crippen molar-refractivity contribution in [3.63, 3.8) is 0 Å². The maximum absolute atomic E-state index is 11.7. The summed E-state index contributed by atoms with van der Waals surface area (Å²) in [6.45, 7) is 4.14. The van der Waals surface area contributed by atoms with Gasteiger partial charge in [0.05, 0.1) is 6.61 Å². The van der Waals surface area contributed by atoms with Crippen LogP contribution in [0.25, 0.3) is 0 Å². The molecule has 0 aromatic heterocycles. The van der Waals surface area contributed by atoms with Gasteiger partial charge in [-0.3, -0.25) is 9.59 Å². The number of ether oxygens (including phenoxy) is 1. The molecule has 106 valence electrons. The number of carboxylic acid groups (broad SMARTS) is 1. The molecule has 0 spiro atoms. The average molecular weight is 267 g/mol. The van der Waals surface area contributed by atoms with Crippen molar-refractivity contribution in [2.45, 2.75) is 27.2 Å². The van der Waals surface area contributed by atoms with E-state index < -0.39 is 36.2 Å². The monoisotopic (exact) mass is 267 g/mol. The summed E-state index contributed by atoms with van der Waals surface area (Å²) in [7, 11) is 0. The van der Waals surface area contributed by atoms with Gasteiger partial charge in [0, 0.05) is 6.54 Å². The van der Waals surface area contributed by atoms with Gasteiger partial charge in [-0.05, 0) is 5.41 Å². The van der Waals surface area contributed by atoms with E-state index in [2.05, 4.69) is 10.1 Å². The minimum Gasteiger partial charge on any atom is -0.481 e. The van der Waals surface area contributed by atoms with Crippen molar-refractivity contribution in [2.24, 2.45) is 11.3 Å². The zero-order chi connectivity index (χ0) is 14.3. The molecule has 0 heterocycles. The van der Waals surface area contributed by atoms with Gasteiger partial charge in [-0.2, -0.15) is 0 Å². The number of rotatable bonds is 7. The first kappa shape index (κ1) is 16.8. The van der Waals surface area contributed by atoms with Crippen LogP contribution in [0.5, 0.6) is 0 Å². The van der Waals surface area contributed by atoms with Gasteiger partial charge in [0.25, 0.3) is 6.43 Å². The van der Waals surface area contributed by atoms with E-state index in [1.165, 1.54) is 0 Å². The SMILES string of the molecule is CC(C)(C)C(C(=O)O)C(=O)NCCOCC(F)F. The lowest BCUT2D eigenvalue weighted by atomic mass is 9.80. The van der Waals surface area contributed by atoms with Crippen LogP contribution in [0, 0.1) is 11.3 Å². The van der Waals surface area contributed by atoms with Crippen LogP contribution in [0.4, 0.5) is 8.78 Å². The molecule has 0 aliphatic carbocycles. The van der Waals surface area contributed by atoms with E-state index in [4.69, 9.17) is 5.11 Å². The molecule has 0 aliphatic heterocycles. The second-order valence-electron chi connectivity index (χ2n) is 4.89. The second-order valence-corrected chi connectivity index (χ2v) is 4.89. The standard InChI is InChI=1S/C11H19F2NO4/c1-11(2,3)8(10(16)17)9(15)14-4-5-18-6-7(12)13/h7-8H,4-6H2,1-3H3,(H,14,15)(H,16,17). The minimum atomic E-state index is -2.55. The van der Waals surface area contributed by atoms with E-state index in [9.17, 15) is 18.4 Å². The third-order valence-electron chi connectivity index (χ3n) is 2.16. The average Bonchev–Trinajstić information content (AvgIpc) is 2.13. The Bertz CT molecular complexity index is 289. The molecule has 2 N–H and O–H groups in total. The Balaban J connectivity index is 4.10. The topological polar surface area (TPSA) is 75.6 Å². The van der Waals surface area contributed by atoms with Crippen molar-refractivity contribution >= 4 is 11.9 Å². The Kier molecular flexibility index (Phi) is 6.75. The highest BCUT2D eigenvalue weighted by Crippen LogP contribution is 2.26. The first-order valence-corrected chi connectivity index (χ1v) is 5.52. The minimum absolute atomic E-state index is 0.00537. The number of nitrogens with one attached hydrogen (secondary N) is 1. The first-order valence-electron chi connectivity index (χ1n) is 5.52. The number of hydrogen-bond donors (Lipinski definition) is 2. The Hall–Kier alpha value is -1.24. The van der Waals surface area contributed by atoms with Gasteiger partial charge in [0.1, 0.15) is 12.5 Å². The summed E-state index contributed by atoms with van der Waals surface area (Å²) in [6, 6.07) is 0. The summed E-state index contributed by atoms with van der Waals surface area (Å²) in [5, 5.41) is 11.3. The zero-order valence-electron chi connectivity index (χ0n) is 10.7. The fourth-order valence-corrected chi connectivity index (χ4v) is 1.40. The van der Waals surface area contributed by atoms with E-state index >= 15 is 0 Å². The van der Waals surface area contributed by atoms with Crippen molar-refractivity contribution in [3.05, 3.63) is 0 Å². The molecule has 0 aromatic rings. The Labute approximate surface area is 105 Å². The van der Waals surface area contributed by atoms with Crippen molar-refractivity contribution in [1.82, 2.24) is 5.32 Å².